The van der Waals surface area contributed by atoms with Crippen LogP contribution in [0.2, 0.25) is 0 Å². The van der Waals surface area contributed by atoms with Crippen LogP contribution in [0.15, 0.2) is 10.6 Å². The van der Waals surface area contributed by atoms with Crippen molar-refractivity contribution in [1.82, 2.24) is 15.4 Å². The van der Waals surface area contributed by atoms with Crippen molar-refractivity contribution in [1.29, 1.82) is 0 Å². The lowest BCUT2D eigenvalue weighted by Crippen LogP contribution is -2.35. The SMILES string of the molecule is Cc1cc(C(=O)NCCCN(C)C2CCCCC2)on1. The summed E-state index contributed by atoms with van der Waals surface area (Å²) in [5.41, 5.74) is 0.729. The van der Waals surface area contributed by atoms with E-state index in [0.717, 1.165) is 24.7 Å². The monoisotopic (exact) mass is 279 g/mol. The van der Waals surface area contributed by atoms with Crippen molar-refractivity contribution in [2.45, 2.75) is 51.5 Å². The maximum absolute atomic E-state index is 11.7. The van der Waals surface area contributed by atoms with Gasteiger partial charge in [-0.2, -0.15) is 0 Å². The number of carbonyl (C=O) groups is 1. The first-order valence-corrected chi connectivity index (χ1v) is 7.58. The minimum atomic E-state index is -0.175. The molecule has 1 aliphatic carbocycles. The van der Waals surface area contributed by atoms with Gasteiger partial charge in [0, 0.05) is 18.7 Å². The Labute approximate surface area is 120 Å². The lowest BCUT2D eigenvalue weighted by atomic mass is 9.94. The zero-order valence-electron chi connectivity index (χ0n) is 12.5. The van der Waals surface area contributed by atoms with E-state index in [9.17, 15) is 4.79 Å². The van der Waals surface area contributed by atoms with Gasteiger partial charge in [0.05, 0.1) is 5.69 Å². The van der Waals surface area contributed by atoms with E-state index in [1.807, 2.05) is 0 Å². The maximum Gasteiger partial charge on any atom is 0.289 e. The molecule has 5 heteroatoms. The Morgan fingerprint density at radius 2 is 2.20 bits per heavy atom. The van der Waals surface area contributed by atoms with E-state index in [-0.39, 0.29) is 5.91 Å². The van der Waals surface area contributed by atoms with E-state index >= 15 is 0 Å². The van der Waals surface area contributed by atoms with Gasteiger partial charge in [-0.05, 0) is 39.8 Å². The van der Waals surface area contributed by atoms with E-state index in [1.54, 1.807) is 13.0 Å². The molecule has 0 unspecified atom stereocenters. The molecule has 0 aliphatic heterocycles. The van der Waals surface area contributed by atoms with Gasteiger partial charge in [-0.3, -0.25) is 4.79 Å². The Morgan fingerprint density at radius 1 is 1.45 bits per heavy atom. The number of aryl methyl sites for hydroxylation is 1. The Balaban J connectivity index is 1.62. The highest BCUT2D eigenvalue weighted by atomic mass is 16.5. The summed E-state index contributed by atoms with van der Waals surface area (Å²) in [6.07, 6.45) is 7.70. The molecule has 1 N–H and O–H groups in total. The van der Waals surface area contributed by atoms with Crippen LogP contribution in [-0.4, -0.2) is 42.1 Å². The molecule has 0 bridgehead atoms. The third-order valence-electron chi connectivity index (χ3n) is 4.02. The molecule has 0 aromatic carbocycles. The molecule has 1 saturated carbocycles. The van der Waals surface area contributed by atoms with Crippen LogP contribution < -0.4 is 5.32 Å². The molecule has 112 valence electrons. The maximum atomic E-state index is 11.7. The van der Waals surface area contributed by atoms with Gasteiger partial charge in [0.2, 0.25) is 5.76 Å². The summed E-state index contributed by atoms with van der Waals surface area (Å²) >= 11 is 0. The molecular formula is C15H25N3O2. The fourth-order valence-electron chi connectivity index (χ4n) is 2.79. The number of hydrogen-bond acceptors (Lipinski definition) is 4. The summed E-state index contributed by atoms with van der Waals surface area (Å²) in [6, 6.07) is 2.39. The first kappa shape index (κ1) is 15.0. The second-order valence-corrected chi connectivity index (χ2v) is 5.71. The van der Waals surface area contributed by atoms with E-state index in [1.165, 1.54) is 32.1 Å². The van der Waals surface area contributed by atoms with E-state index in [2.05, 4.69) is 22.4 Å². The normalized spacial score (nSPS) is 16.6. The van der Waals surface area contributed by atoms with Crippen LogP contribution in [-0.2, 0) is 0 Å². The van der Waals surface area contributed by atoms with Gasteiger partial charge in [-0.1, -0.05) is 24.4 Å². The second-order valence-electron chi connectivity index (χ2n) is 5.71. The average Bonchev–Trinajstić information content (AvgIpc) is 2.91. The predicted molar refractivity (Wildman–Crippen MR) is 77.7 cm³/mol. The summed E-state index contributed by atoms with van der Waals surface area (Å²) in [7, 11) is 2.19. The van der Waals surface area contributed by atoms with Gasteiger partial charge in [-0.25, -0.2) is 0 Å². The summed E-state index contributed by atoms with van der Waals surface area (Å²) in [6.45, 7) is 3.51. The lowest BCUT2D eigenvalue weighted by Gasteiger charge is -2.31. The number of carbonyl (C=O) groups excluding carboxylic acids is 1. The van der Waals surface area contributed by atoms with E-state index < -0.39 is 0 Å². The third-order valence-corrected chi connectivity index (χ3v) is 4.02. The highest BCUT2D eigenvalue weighted by molar-refractivity contribution is 5.91. The smallest absolute Gasteiger partial charge is 0.289 e. The van der Waals surface area contributed by atoms with Crippen LogP contribution >= 0.6 is 0 Å². The Morgan fingerprint density at radius 3 is 2.85 bits per heavy atom. The van der Waals surface area contributed by atoms with Crippen LogP contribution in [0.1, 0.15) is 54.8 Å². The summed E-state index contributed by atoms with van der Waals surface area (Å²) < 4.78 is 4.93. The molecule has 1 aliphatic rings. The molecule has 0 radical (unpaired) electrons. The summed E-state index contributed by atoms with van der Waals surface area (Å²) in [5, 5.41) is 6.58. The van der Waals surface area contributed by atoms with Crippen molar-refractivity contribution in [2.75, 3.05) is 20.1 Å². The number of hydrogen-bond donors (Lipinski definition) is 1. The zero-order valence-corrected chi connectivity index (χ0v) is 12.5. The molecule has 1 fully saturated rings. The van der Waals surface area contributed by atoms with Gasteiger partial charge in [0.15, 0.2) is 0 Å². The van der Waals surface area contributed by atoms with Crippen LogP contribution in [0.25, 0.3) is 0 Å². The van der Waals surface area contributed by atoms with Crippen LogP contribution in [0.3, 0.4) is 0 Å². The van der Waals surface area contributed by atoms with Gasteiger partial charge in [0.1, 0.15) is 0 Å². The summed E-state index contributed by atoms with van der Waals surface area (Å²) in [4.78, 5) is 14.2. The van der Waals surface area contributed by atoms with E-state index in [0.29, 0.717) is 12.3 Å². The number of rotatable bonds is 6. The molecule has 5 nitrogen and oxygen atoms in total. The standard InChI is InChI=1S/C15H25N3O2/c1-12-11-14(20-17-12)15(19)16-9-6-10-18(2)13-7-4-3-5-8-13/h11,13H,3-10H2,1-2H3,(H,16,19). The molecule has 0 atom stereocenters. The average molecular weight is 279 g/mol. The van der Waals surface area contributed by atoms with Crippen molar-refractivity contribution in [3.05, 3.63) is 17.5 Å². The molecule has 20 heavy (non-hydrogen) atoms. The van der Waals surface area contributed by atoms with Crippen LogP contribution in [0, 0.1) is 6.92 Å². The van der Waals surface area contributed by atoms with Crippen molar-refractivity contribution in [3.8, 4) is 0 Å². The Hall–Kier alpha value is -1.36. The molecule has 2 rings (SSSR count). The predicted octanol–water partition coefficient (Wildman–Crippen LogP) is 2.37. The number of nitrogens with zero attached hydrogens (tertiary/aromatic N) is 2. The topological polar surface area (TPSA) is 58.4 Å². The lowest BCUT2D eigenvalue weighted by molar-refractivity contribution is 0.0913. The molecule has 1 heterocycles. The first-order chi connectivity index (χ1) is 9.66. The number of nitrogens with one attached hydrogen (secondary N) is 1. The Kier molecular flexibility index (Phi) is 5.59. The minimum Gasteiger partial charge on any atom is -0.351 e. The van der Waals surface area contributed by atoms with Gasteiger partial charge < -0.3 is 14.7 Å². The zero-order chi connectivity index (χ0) is 14.4. The van der Waals surface area contributed by atoms with Gasteiger partial charge >= 0.3 is 0 Å². The molecule has 1 amide bonds. The fraction of sp³-hybridized carbons (Fsp3) is 0.733. The van der Waals surface area contributed by atoms with Gasteiger partial charge in [0.25, 0.3) is 5.91 Å². The minimum absolute atomic E-state index is 0.175. The number of amides is 1. The Bertz CT molecular complexity index is 425. The van der Waals surface area contributed by atoms with Crippen molar-refractivity contribution >= 4 is 5.91 Å². The highest BCUT2D eigenvalue weighted by Gasteiger charge is 2.17. The second kappa shape index (κ2) is 7.43. The van der Waals surface area contributed by atoms with Crippen LogP contribution in [0.5, 0.6) is 0 Å². The molecular weight excluding hydrogens is 254 g/mol. The van der Waals surface area contributed by atoms with Crippen molar-refractivity contribution in [2.24, 2.45) is 0 Å². The molecule has 1 aromatic rings. The summed E-state index contributed by atoms with van der Waals surface area (Å²) in [5.74, 6) is 0.119. The van der Waals surface area contributed by atoms with Gasteiger partial charge in [-0.15, -0.1) is 0 Å². The van der Waals surface area contributed by atoms with Crippen molar-refractivity contribution < 1.29 is 9.32 Å². The third kappa shape index (κ3) is 4.34. The molecule has 0 saturated heterocycles. The number of aromatic nitrogens is 1. The largest absolute Gasteiger partial charge is 0.351 e. The van der Waals surface area contributed by atoms with E-state index in [4.69, 9.17) is 4.52 Å². The fourth-order valence-corrected chi connectivity index (χ4v) is 2.79. The quantitative estimate of drug-likeness (QED) is 0.812. The van der Waals surface area contributed by atoms with Crippen molar-refractivity contribution in [3.63, 3.8) is 0 Å². The molecule has 0 spiro atoms. The first-order valence-electron chi connectivity index (χ1n) is 7.58. The van der Waals surface area contributed by atoms with Crippen LogP contribution in [0.4, 0.5) is 0 Å². The highest BCUT2D eigenvalue weighted by Crippen LogP contribution is 2.21. The molecule has 1 aromatic heterocycles.